The molecule has 1 aromatic carbocycles. The predicted octanol–water partition coefficient (Wildman–Crippen LogP) is 4.06. The fraction of sp³-hybridized carbons (Fsp3) is 0.647. The molecule has 2 heteroatoms. The summed E-state index contributed by atoms with van der Waals surface area (Å²) in [6, 6.07) is 8.53. The molecule has 0 N–H and O–H groups in total. The molecule has 0 saturated carbocycles. The lowest BCUT2D eigenvalue weighted by atomic mass is 10.0. The first kappa shape index (κ1) is 14.4. The summed E-state index contributed by atoms with van der Waals surface area (Å²) in [5, 5.41) is 0. The average molecular weight is 261 g/mol. The lowest BCUT2D eigenvalue weighted by Gasteiger charge is -2.26. The first-order valence-corrected chi connectivity index (χ1v) is 7.71. The van der Waals surface area contributed by atoms with Gasteiger partial charge in [0.15, 0.2) is 0 Å². The van der Waals surface area contributed by atoms with Crippen LogP contribution in [0.1, 0.15) is 51.0 Å². The van der Waals surface area contributed by atoms with Crippen molar-refractivity contribution in [2.45, 2.75) is 45.4 Å². The third-order valence-corrected chi connectivity index (χ3v) is 3.88. The monoisotopic (exact) mass is 261 g/mol. The van der Waals surface area contributed by atoms with Gasteiger partial charge in [0.05, 0.1) is 6.61 Å². The van der Waals surface area contributed by atoms with E-state index in [1.54, 1.807) is 0 Å². The molecule has 0 amide bonds. The minimum atomic E-state index is 0.591. The van der Waals surface area contributed by atoms with Crippen LogP contribution in [0.25, 0.3) is 0 Å². The van der Waals surface area contributed by atoms with Crippen molar-refractivity contribution in [3.63, 3.8) is 0 Å². The Balaban J connectivity index is 1.64. The van der Waals surface area contributed by atoms with E-state index in [1.807, 2.05) is 0 Å². The zero-order valence-electron chi connectivity index (χ0n) is 12.4. The molecule has 0 unspecified atom stereocenters. The van der Waals surface area contributed by atoms with E-state index >= 15 is 0 Å². The summed E-state index contributed by atoms with van der Waals surface area (Å²) < 4.78 is 5.81. The maximum absolute atomic E-state index is 5.81. The molecule has 106 valence electrons. The second kappa shape index (κ2) is 7.54. The Morgan fingerprint density at radius 2 is 1.74 bits per heavy atom. The Labute approximate surface area is 117 Å². The van der Waals surface area contributed by atoms with Crippen LogP contribution in [0.4, 0.5) is 0 Å². The fourth-order valence-corrected chi connectivity index (χ4v) is 2.61. The maximum atomic E-state index is 5.81. The van der Waals surface area contributed by atoms with Gasteiger partial charge in [-0.2, -0.15) is 0 Å². The van der Waals surface area contributed by atoms with Crippen LogP contribution in [0.3, 0.4) is 0 Å². The highest BCUT2D eigenvalue weighted by atomic mass is 16.5. The van der Waals surface area contributed by atoms with Crippen molar-refractivity contribution >= 4 is 0 Å². The Kier molecular flexibility index (Phi) is 5.71. The summed E-state index contributed by atoms with van der Waals surface area (Å²) in [6.07, 6.45) is 5.29. The third-order valence-electron chi connectivity index (χ3n) is 3.88. The smallest absolute Gasteiger partial charge is 0.119 e. The van der Waals surface area contributed by atoms with E-state index in [1.165, 1.54) is 44.5 Å². The molecule has 0 aliphatic carbocycles. The van der Waals surface area contributed by atoms with Crippen molar-refractivity contribution in [2.24, 2.45) is 0 Å². The topological polar surface area (TPSA) is 12.5 Å². The molecule has 1 saturated heterocycles. The van der Waals surface area contributed by atoms with Crippen LogP contribution < -0.4 is 4.74 Å². The Hall–Kier alpha value is -1.02. The Morgan fingerprint density at radius 1 is 1.05 bits per heavy atom. The van der Waals surface area contributed by atoms with Gasteiger partial charge in [-0.3, -0.25) is 0 Å². The quantitative estimate of drug-likeness (QED) is 0.716. The van der Waals surface area contributed by atoms with Crippen LogP contribution in [0, 0.1) is 0 Å². The molecular formula is C17H27NO. The van der Waals surface area contributed by atoms with Crippen LogP contribution in [0.2, 0.25) is 0 Å². The number of nitrogens with zero attached hydrogens (tertiary/aromatic N) is 1. The molecule has 2 nitrogen and oxygen atoms in total. The Bertz CT molecular complexity index is 352. The number of hydrogen-bond donors (Lipinski definition) is 0. The highest BCUT2D eigenvalue weighted by Crippen LogP contribution is 2.18. The summed E-state index contributed by atoms with van der Waals surface area (Å²) in [5.41, 5.74) is 1.38. The van der Waals surface area contributed by atoms with Gasteiger partial charge in [-0.25, -0.2) is 0 Å². The van der Waals surface area contributed by atoms with Gasteiger partial charge in [0.2, 0.25) is 0 Å². The van der Waals surface area contributed by atoms with E-state index in [0.29, 0.717) is 5.92 Å². The average Bonchev–Trinajstić information content (AvgIpc) is 2.45. The largest absolute Gasteiger partial charge is 0.494 e. The third kappa shape index (κ3) is 4.87. The molecule has 0 radical (unpaired) electrons. The molecule has 0 spiro atoms. The molecular weight excluding hydrogens is 234 g/mol. The SMILES string of the molecule is CC(C)c1ccc(OCCCN2CCCCC2)cc1. The number of benzene rings is 1. The Morgan fingerprint density at radius 3 is 2.37 bits per heavy atom. The van der Waals surface area contributed by atoms with Crippen LogP contribution in [-0.4, -0.2) is 31.1 Å². The van der Waals surface area contributed by atoms with Gasteiger partial charge in [-0.15, -0.1) is 0 Å². The highest BCUT2D eigenvalue weighted by molar-refractivity contribution is 5.28. The van der Waals surface area contributed by atoms with Crippen LogP contribution in [0.5, 0.6) is 5.75 Å². The lowest BCUT2D eigenvalue weighted by Crippen LogP contribution is -2.31. The van der Waals surface area contributed by atoms with Gasteiger partial charge >= 0.3 is 0 Å². The standard InChI is InChI=1S/C17H27NO/c1-15(2)16-7-9-17(10-8-16)19-14-6-13-18-11-4-3-5-12-18/h7-10,15H,3-6,11-14H2,1-2H3. The fourth-order valence-electron chi connectivity index (χ4n) is 2.61. The molecule has 2 rings (SSSR count). The summed E-state index contributed by atoms with van der Waals surface area (Å²) in [5.74, 6) is 1.59. The molecule has 1 fully saturated rings. The van der Waals surface area contributed by atoms with Gasteiger partial charge in [-0.05, 0) is 56.0 Å². The van der Waals surface area contributed by atoms with Crippen molar-refractivity contribution in [1.82, 2.24) is 4.90 Å². The zero-order chi connectivity index (χ0) is 13.5. The van der Waals surface area contributed by atoms with E-state index in [4.69, 9.17) is 4.74 Å². The summed E-state index contributed by atoms with van der Waals surface area (Å²) >= 11 is 0. The second-order valence-corrected chi connectivity index (χ2v) is 5.83. The first-order valence-electron chi connectivity index (χ1n) is 7.71. The number of ether oxygens (including phenoxy) is 1. The summed E-state index contributed by atoms with van der Waals surface area (Å²) in [4.78, 5) is 2.56. The normalized spacial score (nSPS) is 16.8. The van der Waals surface area contributed by atoms with Crippen molar-refractivity contribution in [3.8, 4) is 5.75 Å². The van der Waals surface area contributed by atoms with Crippen LogP contribution in [-0.2, 0) is 0 Å². The van der Waals surface area contributed by atoms with E-state index < -0.39 is 0 Å². The summed E-state index contributed by atoms with van der Waals surface area (Å²) in [6.45, 7) is 9.01. The number of rotatable bonds is 6. The molecule has 1 aromatic rings. The van der Waals surface area contributed by atoms with E-state index in [9.17, 15) is 0 Å². The van der Waals surface area contributed by atoms with Gasteiger partial charge in [0, 0.05) is 6.54 Å². The minimum Gasteiger partial charge on any atom is -0.494 e. The van der Waals surface area contributed by atoms with Gasteiger partial charge in [0.25, 0.3) is 0 Å². The van der Waals surface area contributed by atoms with E-state index in [2.05, 4.69) is 43.0 Å². The number of likely N-dealkylation sites (tertiary alicyclic amines) is 1. The number of piperidine rings is 1. The highest BCUT2D eigenvalue weighted by Gasteiger charge is 2.09. The second-order valence-electron chi connectivity index (χ2n) is 5.83. The molecule has 0 aromatic heterocycles. The molecule has 1 heterocycles. The predicted molar refractivity (Wildman–Crippen MR) is 80.9 cm³/mol. The van der Waals surface area contributed by atoms with E-state index in [-0.39, 0.29) is 0 Å². The lowest BCUT2D eigenvalue weighted by molar-refractivity contribution is 0.205. The zero-order valence-corrected chi connectivity index (χ0v) is 12.4. The molecule has 1 aliphatic rings. The molecule has 0 atom stereocenters. The molecule has 0 bridgehead atoms. The van der Waals surface area contributed by atoms with Crippen LogP contribution >= 0.6 is 0 Å². The van der Waals surface area contributed by atoms with Gasteiger partial charge in [0.1, 0.15) is 5.75 Å². The summed E-state index contributed by atoms with van der Waals surface area (Å²) in [7, 11) is 0. The molecule has 1 aliphatic heterocycles. The first-order chi connectivity index (χ1) is 9.25. The van der Waals surface area contributed by atoms with Crippen molar-refractivity contribution < 1.29 is 4.74 Å². The number of hydrogen-bond acceptors (Lipinski definition) is 2. The van der Waals surface area contributed by atoms with Crippen molar-refractivity contribution in [2.75, 3.05) is 26.2 Å². The minimum absolute atomic E-state index is 0.591. The maximum Gasteiger partial charge on any atom is 0.119 e. The van der Waals surface area contributed by atoms with Crippen LogP contribution in [0.15, 0.2) is 24.3 Å². The van der Waals surface area contributed by atoms with Gasteiger partial charge in [-0.1, -0.05) is 32.4 Å². The van der Waals surface area contributed by atoms with Crippen molar-refractivity contribution in [3.05, 3.63) is 29.8 Å². The van der Waals surface area contributed by atoms with Crippen molar-refractivity contribution in [1.29, 1.82) is 0 Å². The van der Waals surface area contributed by atoms with Gasteiger partial charge < -0.3 is 9.64 Å². The van der Waals surface area contributed by atoms with E-state index in [0.717, 1.165) is 18.8 Å². The molecule has 19 heavy (non-hydrogen) atoms.